The van der Waals surface area contributed by atoms with Crippen LogP contribution in [-0.4, -0.2) is 29.6 Å². The number of nitrogens with zero attached hydrogens (tertiary/aromatic N) is 1. The van der Waals surface area contributed by atoms with E-state index in [-0.39, 0.29) is 0 Å². The quantitative estimate of drug-likeness (QED) is 0.704. The Balaban J connectivity index is 3.94. The lowest BCUT2D eigenvalue weighted by Gasteiger charge is -2.30. The van der Waals surface area contributed by atoms with Gasteiger partial charge in [0.2, 0.25) is 0 Å². The number of hydrogen-bond acceptors (Lipinski definition) is 1. The van der Waals surface area contributed by atoms with Gasteiger partial charge in [0.1, 0.15) is 0 Å². The normalized spacial score (nSPS) is 12.8. The molecule has 0 aliphatic rings. The molecule has 13 heavy (non-hydrogen) atoms. The summed E-state index contributed by atoms with van der Waals surface area (Å²) in [6.07, 6.45) is 1.12. The highest BCUT2D eigenvalue weighted by Gasteiger charge is 2.14. The molecule has 0 aromatic rings. The van der Waals surface area contributed by atoms with Gasteiger partial charge in [-0.05, 0) is 31.5 Å². The standard InChI is InChI=1S/C10H22N2S/c1-6-7-11-10(13)12(5)9(4)8(2)3/h8-9H,6-7H2,1-5H3,(H,11,13). The third-order valence-corrected chi connectivity index (χ3v) is 2.85. The van der Waals surface area contributed by atoms with Crippen molar-refractivity contribution in [3.05, 3.63) is 0 Å². The van der Waals surface area contributed by atoms with E-state index in [0.29, 0.717) is 12.0 Å². The predicted molar refractivity (Wildman–Crippen MR) is 63.0 cm³/mol. The highest BCUT2D eigenvalue weighted by atomic mass is 32.1. The van der Waals surface area contributed by atoms with E-state index in [4.69, 9.17) is 12.2 Å². The molecule has 0 aromatic heterocycles. The van der Waals surface area contributed by atoms with E-state index >= 15 is 0 Å². The van der Waals surface area contributed by atoms with E-state index in [1.165, 1.54) is 0 Å². The summed E-state index contributed by atoms with van der Waals surface area (Å²) in [6.45, 7) is 9.73. The first kappa shape index (κ1) is 12.7. The van der Waals surface area contributed by atoms with Gasteiger partial charge in [-0.15, -0.1) is 0 Å². The summed E-state index contributed by atoms with van der Waals surface area (Å²) in [4.78, 5) is 2.13. The van der Waals surface area contributed by atoms with Crippen molar-refractivity contribution < 1.29 is 0 Å². The first-order valence-electron chi connectivity index (χ1n) is 5.01. The van der Waals surface area contributed by atoms with E-state index in [9.17, 15) is 0 Å². The van der Waals surface area contributed by atoms with Crippen molar-refractivity contribution in [2.45, 2.75) is 40.2 Å². The SMILES string of the molecule is CCCNC(=S)N(C)C(C)C(C)C. The molecule has 0 spiro atoms. The van der Waals surface area contributed by atoms with Crippen molar-refractivity contribution in [3.63, 3.8) is 0 Å². The highest BCUT2D eigenvalue weighted by molar-refractivity contribution is 7.80. The molecule has 78 valence electrons. The first-order valence-corrected chi connectivity index (χ1v) is 5.42. The van der Waals surface area contributed by atoms with Gasteiger partial charge in [0.05, 0.1) is 0 Å². The zero-order valence-electron chi connectivity index (χ0n) is 9.42. The van der Waals surface area contributed by atoms with Crippen LogP contribution in [0, 0.1) is 5.92 Å². The van der Waals surface area contributed by atoms with Crippen molar-refractivity contribution in [3.8, 4) is 0 Å². The molecule has 0 bridgehead atoms. The Labute approximate surface area is 87.7 Å². The largest absolute Gasteiger partial charge is 0.363 e. The van der Waals surface area contributed by atoms with E-state index in [1.807, 2.05) is 0 Å². The van der Waals surface area contributed by atoms with Crippen molar-refractivity contribution in [2.24, 2.45) is 5.92 Å². The fourth-order valence-corrected chi connectivity index (χ4v) is 1.26. The molecular formula is C10H22N2S. The van der Waals surface area contributed by atoms with Gasteiger partial charge in [-0.25, -0.2) is 0 Å². The minimum Gasteiger partial charge on any atom is -0.363 e. The Morgan fingerprint density at radius 1 is 1.38 bits per heavy atom. The average Bonchev–Trinajstić information content (AvgIpc) is 2.11. The zero-order valence-corrected chi connectivity index (χ0v) is 10.2. The fourth-order valence-electron chi connectivity index (χ4n) is 0.989. The van der Waals surface area contributed by atoms with Crippen LogP contribution in [0.25, 0.3) is 0 Å². The van der Waals surface area contributed by atoms with Crippen molar-refractivity contribution in [1.82, 2.24) is 10.2 Å². The maximum absolute atomic E-state index is 5.25. The third kappa shape index (κ3) is 4.46. The number of thiocarbonyl (C=S) groups is 1. The van der Waals surface area contributed by atoms with Crippen molar-refractivity contribution in [2.75, 3.05) is 13.6 Å². The van der Waals surface area contributed by atoms with Gasteiger partial charge in [0.15, 0.2) is 5.11 Å². The summed E-state index contributed by atoms with van der Waals surface area (Å²) in [5.41, 5.74) is 0. The second kappa shape index (κ2) is 6.19. The Hall–Kier alpha value is -0.310. The predicted octanol–water partition coefficient (Wildman–Crippen LogP) is 2.25. The lowest BCUT2D eigenvalue weighted by atomic mass is 10.1. The molecule has 0 aliphatic carbocycles. The molecule has 0 saturated carbocycles. The molecule has 0 rings (SSSR count). The molecule has 1 atom stereocenters. The minimum absolute atomic E-state index is 0.497. The molecule has 0 aromatic carbocycles. The van der Waals surface area contributed by atoms with Gasteiger partial charge in [-0.3, -0.25) is 0 Å². The second-order valence-electron chi connectivity index (χ2n) is 3.83. The molecule has 0 saturated heterocycles. The Bertz CT molecular complexity index is 157. The molecule has 3 heteroatoms. The summed E-state index contributed by atoms with van der Waals surface area (Å²) in [6, 6.07) is 0.497. The number of nitrogens with one attached hydrogen (secondary N) is 1. The van der Waals surface area contributed by atoms with Crippen LogP contribution in [0.2, 0.25) is 0 Å². The van der Waals surface area contributed by atoms with E-state index < -0.39 is 0 Å². The maximum atomic E-state index is 5.25. The van der Waals surface area contributed by atoms with Gasteiger partial charge >= 0.3 is 0 Å². The summed E-state index contributed by atoms with van der Waals surface area (Å²) in [5, 5.41) is 4.09. The van der Waals surface area contributed by atoms with Crippen molar-refractivity contribution >= 4 is 17.3 Å². The van der Waals surface area contributed by atoms with E-state index in [0.717, 1.165) is 18.1 Å². The summed E-state index contributed by atoms with van der Waals surface area (Å²) in [5.74, 6) is 0.631. The Morgan fingerprint density at radius 3 is 2.31 bits per heavy atom. The highest BCUT2D eigenvalue weighted by Crippen LogP contribution is 2.07. The van der Waals surface area contributed by atoms with Crippen LogP contribution in [-0.2, 0) is 0 Å². The molecule has 0 heterocycles. The Kier molecular flexibility index (Phi) is 6.04. The monoisotopic (exact) mass is 202 g/mol. The van der Waals surface area contributed by atoms with Crippen LogP contribution < -0.4 is 5.32 Å². The topological polar surface area (TPSA) is 15.3 Å². The molecule has 1 N–H and O–H groups in total. The lowest BCUT2D eigenvalue weighted by Crippen LogP contribution is -2.44. The van der Waals surface area contributed by atoms with E-state index in [1.54, 1.807) is 0 Å². The van der Waals surface area contributed by atoms with Gasteiger partial charge < -0.3 is 10.2 Å². The van der Waals surface area contributed by atoms with E-state index in [2.05, 4.69) is 45.0 Å². The molecule has 2 nitrogen and oxygen atoms in total. The van der Waals surface area contributed by atoms with Crippen LogP contribution >= 0.6 is 12.2 Å². The Morgan fingerprint density at radius 2 is 1.92 bits per heavy atom. The molecule has 1 unspecified atom stereocenters. The summed E-state index contributed by atoms with van der Waals surface area (Å²) < 4.78 is 0. The fraction of sp³-hybridized carbons (Fsp3) is 0.900. The van der Waals surface area contributed by atoms with Crippen LogP contribution in [0.3, 0.4) is 0 Å². The van der Waals surface area contributed by atoms with Crippen LogP contribution in [0.5, 0.6) is 0 Å². The zero-order chi connectivity index (χ0) is 10.4. The van der Waals surface area contributed by atoms with Crippen LogP contribution in [0.1, 0.15) is 34.1 Å². The lowest BCUT2D eigenvalue weighted by molar-refractivity contribution is 0.306. The second-order valence-corrected chi connectivity index (χ2v) is 4.21. The molecule has 0 fully saturated rings. The molecule has 0 radical (unpaired) electrons. The number of rotatable bonds is 4. The van der Waals surface area contributed by atoms with Crippen LogP contribution in [0.4, 0.5) is 0 Å². The van der Waals surface area contributed by atoms with Gasteiger partial charge in [-0.1, -0.05) is 20.8 Å². The molecule has 0 amide bonds. The summed E-state index contributed by atoms with van der Waals surface area (Å²) >= 11 is 5.25. The van der Waals surface area contributed by atoms with Gasteiger partial charge in [-0.2, -0.15) is 0 Å². The molecule has 0 aliphatic heterocycles. The van der Waals surface area contributed by atoms with Gasteiger partial charge in [0.25, 0.3) is 0 Å². The third-order valence-electron chi connectivity index (χ3n) is 2.42. The smallest absolute Gasteiger partial charge is 0.168 e. The number of hydrogen-bond donors (Lipinski definition) is 1. The van der Waals surface area contributed by atoms with Crippen molar-refractivity contribution in [1.29, 1.82) is 0 Å². The maximum Gasteiger partial charge on any atom is 0.168 e. The first-order chi connectivity index (χ1) is 6.00. The minimum atomic E-state index is 0.497. The molecular weight excluding hydrogens is 180 g/mol. The summed E-state index contributed by atoms with van der Waals surface area (Å²) in [7, 11) is 2.05. The van der Waals surface area contributed by atoms with Gasteiger partial charge in [0, 0.05) is 19.6 Å². The van der Waals surface area contributed by atoms with Crippen LogP contribution in [0.15, 0.2) is 0 Å². The average molecular weight is 202 g/mol.